The van der Waals surface area contributed by atoms with E-state index in [1.165, 1.54) is 32.4 Å². The maximum absolute atomic E-state index is 12.7. The van der Waals surface area contributed by atoms with Crippen molar-refractivity contribution in [3.05, 3.63) is 57.5 Å². The number of hydrogen-bond donors (Lipinski definition) is 1. The molecule has 6 nitrogen and oxygen atoms in total. The summed E-state index contributed by atoms with van der Waals surface area (Å²) in [6.07, 6.45) is -0.157. The van der Waals surface area contributed by atoms with Gasteiger partial charge < -0.3 is 9.47 Å². The second-order valence-electron chi connectivity index (χ2n) is 5.31. The summed E-state index contributed by atoms with van der Waals surface area (Å²) in [6, 6.07) is 10.3. The number of hydrogen-bond acceptors (Lipinski definition) is 5. The number of carbonyl (C=O) groups is 1. The van der Waals surface area contributed by atoms with Crippen molar-refractivity contribution in [3.63, 3.8) is 0 Å². The Morgan fingerprint density at radius 1 is 1.23 bits per heavy atom. The highest BCUT2D eigenvalue weighted by Crippen LogP contribution is 2.28. The van der Waals surface area contributed by atoms with Crippen LogP contribution >= 0.6 is 27.5 Å². The Hall–Kier alpha value is -1.61. The summed E-state index contributed by atoms with van der Waals surface area (Å²) in [5, 5.41) is 0.169. The molecule has 0 heterocycles. The Kier molecular flexibility index (Phi) is 7.05. The molecule has 0 saturated carbocycles. The predicted molar refractivity (Wildman–Crippen MR) is 102 cm³/mol. The molecule has 0 fully saturated rings. The lowest BCUT2D eigenvalue weighted by Crippen LogP contribution is -2.30. The highest BCUT2D eigenvalue weighted by Gasteiger charge is 2.25. The normalized spacial score (nSPS) is 12.5. The molecule has 1 unspecified atom stereocenters. The summed E-state index contributed by atoms with van der Waals surface area (Å²) in [6.45, 7) is 0. The highest BCUT2D eigenvalue weighted by atomic mass is 79.9. The lowest BCUT2D eigenvalue weighted by atomic mass is 10.1. The Morgan fingerprint density at radius 2 is 1.96 bits per heavy atom. The van der Waals surface area contributed by atoms with Crippen LogP contribution in [-0.4, -0.2) is 28.6 Å². The molecule has 0 saturated heterocycles. The molecule has 9 heteroatoms. The van der Waals surface area contributed by atoms with E-state index >= 15 is 0 Å². The SMILES string of the molecule is COC(=O)CC(NS(=O)(=O)c1ccc(OC)c(Cl)c1)c1cccc(Br)c1. The summed E-state index contributed by atoms with van der Waals surface area (Å²) in [5.74, 6) is -0.172. The first-order chi connectivity index (χ1) is 12.3. The molecule has 0 bridgehead atoms. The third-order valence-electron chi connectivity index (χ3n) is 3.58. The molecular weight excluding hydrogens is 446 g/mol. The van der Waals surface area contributed by atoms with Gasteiger partial charge in [0, 0.05) is 4.47 Å². The zero-order chi connectivity index (χ0) is 19.3. The first-order valence-electron chi connectivity index (χ1n) is 7.45. The molecule has 2 aromatic rings. The van der Waals surface area contributed by atoms with Gasteiger partial charge in [0.1, 0.15) is 5.75 Å². The van der Waals surface area contributed by atoms with Gasteiger partial charge >= 0.3 is 5.97 Å². The van der Waals surface area contributed by atoms with Gasteiger partial charge in [0.15, 0.2) is 0 Å². The zero-order valence-electron chi connectivity index (χ0n) is 14.0. The molecule has 2 rings (SSSR count). The summed E-state index contributed by atoms with van der Waals surface area (Å²) in [7, 11) is -1.25. The first-order valence-corrected chi connectivity index (χ1v) is 10.1. The summed E-state index contributed by atoms with van der Waals surface area (Å²) in [4.78, 5) is 11.7. The third kappa shape index (κ3) is 5.20. The lowest BCUT2D eigenvalue weighted by molar-refractivity contribution is -0.141. The standard InChI is InChI=1S/C17H17BrClNO5S/c1-24-16-7-6-13(9-14(16)19)26(22,23)20-15(10-17(21)25-2)11-4-3-5-12(18)8-11/h3-9,15,20H,10H2,1-2H3. The van der Waals surface area contributed by atoms with Crippen LogP contribution in [0.15, 0.2) is 51.8 Å². The minimum atomic E-state index is -3.93. The molecule has 0 spiro atoms. The van der Waals surface area contributed by atoms with Crippen molar-refractivity contribution in [2.75, 3.05) is 14.2 Å². The van der Waals surface area contributed by atoms with Crippen LogP contribution in [0.1, 0.15) is 18.0 Å². The van der Waals surface area contributed by atoms with Crippen molar-refractivity contribution in [1.29, 1.82) is 0 Å². The molecule has 0 aromatic heterocycles. The van der Waals surface area contributed by atoms with Crippen molar-refractivity contribution in [2.24, 2.45) is 0 Å². The van der Waals surface area contributed by atoms with Crippen LogP contribution in [0.5, 0.6) is 5.75 Å². The van der Waals surface area contributed by atoms with Crippen LogP contribution in [-0.2, 0) is 19.6 Å². The number of ether oxygens (including phenoxy) is 2. The van der Waals surface area contributed by atoms with Crippen molar-refractivity contribution < 1.29 is 22.7 Å². The largest absolute Gasteiger partial charge is 0.495 e. The molecular formula is C17H17BrClNO5S. The molecule has 0 aliphatic rings. The molecule has 0 amide bonds. The second-order valence-corrected chi connectivity index (χ2v) is 8.34. The number of methoxy groups -OCH3 is 2. The van der Waals surface area contributed by atoms with Crippen molar-refractivity contribution in [1.82, 2.24) is 4.72 Å². The van der Waals surface area contributed by atoms with E-state index in [9.17, 15) is 13.2 Å². The number of nitrogens with one attached hydrogen (secondary N) is 1. The van der Waals surface area contributed by atoms with Crippen molar-refractivity contribution in [3.8, 4) is 5.75 Å². The molecule has 140 valence electrons. The monoisotopic (exact) mass is 461 g/mol. The summed E-state index contributed by atoms with van der Waals surface area (Å²) < 4.78 is 38.5. The minimum absolute atomic E-state index is 0.0341. The van der Waals surface area contributed by atoms with Crippen LogP contribution in [0.2, 0.25) is 5.02 Å². The molecule has 1 atom stereocenters. The van der Waals surface area contributed by atoms with Gasteiger partial charge in [0.2, 0.25) is 10.0 Å². The number of benzene rings is 2. The maximum Gasteiger partial charge on any atom is 0.307 e. The molecule has 2 aromatic carbocycles. The molecule has 0 aliphatic heterocycles. The lowest BCUT2D eigenvalue weighted by Gasteiger charge is -2.19. The predicted octanol–water partition coefficient (Wildman–Crippen LogP) is 3.69. The Labute approximate surface area is 165 Å². The second kappa shape index (κ2) is 8.85. The fraction of sp³-hybridized carbons (Fsp3) is 0.235. The molecule has 1 N–H and O–H groups in total. The van der Waals surface area contributed by atoms with E-state index in [2.05, 4.69) is 25.4 Å². The number of esters is 1. The third-order valence-corrected chi connectivity index (χ3v) is 5.84. The van der Waals surface area contributed by atoms with E-state index in [-0.39, 0.29) is 16.3 Å². The average molecular weight is 463 g/mol. The van der Waals surface area contributed by atoms with Crippen molar-refractivity contribution in [2.45, 2.75) is 17.4 Å². The smallest absolute Gasteiger partial charge is 0.307 e. The highest BCUT2D eigenvalue weighted by molar-refractivity contribution is 9.10. The van der Waals surface area contributed by atoms with Gasteiger partial charge in [-0.2, -0.15) is 0 Å². The molecule has 0 radical (unpaired) electrons. The average Bonchev–Trinajstić information content (AvgIpc) is 2.60. The van der Waals surface area contributed by atoms with Crippen molar-refractivity contribution >= 4 is 43.5 Å². The number of sulfonamides is 1. The van der Waals surface area contributed by atoms with E-state index in [0.29, 0.717) is 11.3 Å². The Bertz CT molecular complexity index is 904. The quantitative estimate of drug-likeness (QED) is 0.635. The minimum Gasteiger partial charge on any atom is -0.495 e. The maximum atomic E-state index is 12.7. The number of halogens is 2. The first kappa shape index (κ1) is 20.7. The molecule has 0 aliphatic carbocycles. The summed E-state index contributed by atoms with van der Waals surface area (Å²) in [5.41, 5.74) is 0.618. The van der Waals surface area contributed by atoms with Gasteiger partial charge in [0.05, 0.1) is 36.6 Å². The topological polar surface area (TPSA) is 81.7 Å². The number of rotatable bonds is 7. The van der Waals surface area contributed by atoms with Gasteiger partial charge in [-0.15, -0.1) is 0 Å². The van der Waals surface area contributed by atoms with Gasteiger partial charge in [-0.3, -0.25) is 4.79 Å². The van der Waals surface area contributed by atoms with Gasteiger partial charge in [-0.1, -0.05) is 39.7 Å². The summed E-state index contributed by atoms with van der Waals surface area (Å²) >= 11 is 9.36. The fourth-order valence-electron chi connectivity index (χ4n) is 2.27. The number of carbonyl (C=O) groups excluding carboxylic acids is 1. The Morgan fingerprint density at radius 3 is 2.54 bits per heavy atom. The fourth-order valence-corrected chi connectivity index (χ4v) is 4.26. The van der Waals surface area contributed by atoms with E-state index in [0.717, 1.165) is 4.47 Å². The van der Waals surface area contributed by atoms with E-state index < -0.39 is 22.0 Å². The van der Waals surface area contributed by atoms with Gasteiger partial charge in [0.25, 0.3) is 0 Å². The Balaban J connectivity index is 2.36. The van der Waals surface area contributed by atoms with Crippen LogP contribution in [0.3, 0.4) is 0 Å². The van der Waals surface area contributed by atoms with Crippen LogP contribution in [0.4, 0.5) is 0 Å². The van der Waals surface area contributed by atoms with Gasteiger partial charge in [-0.05, 0) is 35.9 Å². The van der Waals surface area contributed by atoms with E-state index in [1.54, 1.807) is 24.3 Å². The zero-order valence-corrected chi connectivity index (χ0v) is 17.2. The van der Waals surface area contributed by atoms with Crippen LogP contribution in [0.25, 0.3) is 0 Å². The van der Waals surface area contributed by atoms with E-state index in [4.69, 9.17) is 16.3 Å². The van der Waals surface area contributed by atoms with E-state index in [1.807, 2.05) is 0 Å². The van der Waals surface area contributed by atoms with Crippen LogP contribution < -0.4 is 9.46 Å². The van der Waals surface area contributed by atoms with Crippen LogP contribution in [0, 0.1) is 0 Å². The molecule has 26 heavy (non-hydrogen) atoms. The van der Waals surface area contributed by atoms with Gasteiger partial charge in [-0.25, -0.2) is 13.1 Å².